The van der Waals surface area contributed by atoms with Gasteiger partial charge in [0.15, 0.2) is 5.82 Å². The first kappa shape index (κ1) is 15.1. The second-order valence-corrected chi connectivity index (χ2v) is 6.33. The van der Waals surface area contributed by atoms with Crippen LogP contribution in [0.25, 0.3) is 0 Å². The van der Waals surface area contributed by atoms with Crippen LogP contribution in [-0.2, 0) is 11.2 Å². The molecule has 1 aliphatic rings. The minimum Gasteiger partial charge on any atom is -0.309 e. The Morgan fingerprint density at radius 2 is 1.95 bits per heavy atom. The number of aromatic amines is 1. The molecule has 22 heavy (non-hydrogen) atoms. The van der Waals surface area contributed by atoms with Gasteiger partial charge >= 0.3 is 0 Å². The lowest BCUT2D eigenvalue weighted by Crippen LogP contribution is -2.14. The van der Waals surface area contributed by atoms with Crippen molar-refractivity contribution in [3.63, 3.8) is 0 Å². The van der Waals surface area contributed by atoms with Crippen molar-refractivity contribution in [2.24, 2.45) is 0 Å². The molecular weight excluding hydrogens is 298 g/mol. The molecule has 1 aromatic heterocycles. The Morgan fingerprint density at radius 3 is 2.68 bits per heavy atom. The highest BCUT2D eigenvalue weighted by Crippen LogP contribution is 2.32. The number of amides is 1. The van der Waals surface area contributed by atoms with Crippen molar-refractivity contribution in [1.29, 1.82) is 0 Å². The molecule has 1 fully saturated rings. The molecule has 0 bridgehead atoms. The quantitative estimate of drug-likeness (QED) is 0.883. The molecule has 3 rings (SSSR count). The molecule has 1 aromatic carbocycles. The van der Waals surface area contributed by atoms with Gasteiger partial charge in [0.2, 0.25) is 5.91 Å². The predicted molar refractivity (Wildman–Crippen MR) is 88.2 cm³/mol. The van der Waals surface area contributed by atoms with E-state index in [1.165, 1.54) is 32.1 Å². The number of carbonyl (C=O) groups excluding carboxylic acids is 1. The summed E-state index contributed by atoms with van der Waals surface area (Å²) in [6.07, 6.45) is 6.63. The number of H-pyrrole nitrogens is 1. The molecule has 1 amide bonds. The topological polar surface area (TPSA) is 57.8 Å². The molecule has 0 unspecified atom stereocenters. The average molecular weight is 318 g/mol. The Balaban J connectivity index is 1.57. The van der Waals surface area contributed by atoms with Gasteiger partial charge in [0.25, 0.3) is 0 Å². The van der Waals surface area contributed by atoms with Crippen LogP contribution >= 0.6 is 11.6 Å². The summed E-state index contributed by atoms with van der Waals surface area (Å²) in [5.74, 6) is 1.10. The summed E-state index contributed by atoms with van der Waals surface area (Å²) < 4.78 is 0. The fraction of sp³-hybridized carbons (Fsp3) is 0.412. The van der Waals surface area contributed by atoms with Crippen molar-refractivity contribution < 1.29 is 4.79 Å². The third-order valence-electron chi connectivity index (χ3n) is 4.19. The lowest BCUT2D eigenvalue weighted by Gasteiger charge is -2.19. The van der Waals surface area contributed by atoms with Crippen molar-refractivity contribution in [2.45, 2.75) is 44.4 Å². The molecule has 2 N–H and O–H groups in total. The first-order valence-corrected chi connectivity index (χ1v) is 8.18. The van der Waals surface area contributed by atoms with Crippen molar-refractivity contribution in [3.05, 3.63) is 46.6 Å². The highest BCUT2D eigenvalue weighted by molar-refractivity contribution is 6.30. The van der Waals surface area contributed by atoms with Gasteiger partial charge in [-0.3, -0.25) is 9.89 Å². The van der Waals surface area contributed by atoms with Crippen LogP contribution in [0.1, 0.15) is 49.3 Å². The fourth-order valence-electron chi connectivity index (χ4n) is 3.00. The normalized spacial score (nSPS) is 15.7. The first-order valence-electron chi connectivity index (χ1n) is 7.80. The van der Waals surface area contributed by atoms with Crippen molar-refractivity contribution in [2.75, 3.05) is 5.32 Å². The van der Waals surface area contributed by atoms with E-state index in [-0.39, 0.29) is 5.91 Å². The van der Waals surface area contributed by atoms with Crippen LogP contribution in [0, 0.1) is 0 Å². The van der Waals surface area contributed by atoms with E-state index < -0.39 is 0 Å². The molecule has 1 saturated carbocycles. The minimum atomic E-state index is -0.0657. The van der Waals surface area contributed by atoms with Crippen LogP contribution < -0.4 is 5.32 Å². The van der Waals surface area contributed by atoms with Crippen LogP contribution in [0.3, 0.4) is 0 Å². The zero-order chi connectivity index (χ0) is 15.4. The maximum absolute atomic E-state index is 12.1. The standard InChI is InChI=1S/C17H20ClN3O/c18-14-8-6-12(7-9-14)10-17(22)19-16-11-15(20-21-16)13-4-2-1-3-5-13/h6-9,11,13H,1-5,10H2,(H2,19,20,21,22). The fourth-order valence-corrected chi connectivity index (χ4v) is 3.12. The Morgan fingerprint density at radius 1 is 1.23 bits per heavy atom. The van der Waals surface area contributed by atoms with Gasteiger partial charge in [-0.1, -0.05) is 43.0 Å². The molecule has 4 nitrogen and oxygen atoms in total. The van der Waals surface area contributed by atoms with E-state index in [1.54, 1.807) is 12.1 Å². The summed E-state index contributed by atoms with van der Waals surface area (Å²) in [5, 5.41) is 10.8. The van der Waals surface area contributed by atoms with Crippen LogP contribution in [0.15, 0.2) is 30.3 Å². The van der Waals surface area contributed by atoms with Crippen LogP contribution in [0.5, 0.6) is 0 Å². The summed E-state index contributed by atoms with van der Waals surface area (Å²) in [7, 11) is 0. The predicted octanol–water partition coefficient (Wildman–Crippen LogP) is 4.29. The second kappa shape index (κ2) is 6.97. The molecule has 0 radical (unpaired) electrons. The maximum atomic E-state index is 12.1. The zero-order valence-corrected chi connectivity index (χ0v) is 13.2. The molecule has 1 aliphatic carbocycles. The average Bonchev–Trinajstić information content (AvgIpc) is 2.99. The van der Waals surface area contributed by atoms with Crippen molar-refractivity contribution in [3.8, 4) is 0 Å². The number of anilines is 1. The van der Waals surface area contributed by atoms with E-state index in [2.05, 4.69) is 15.5 Å². The molecule has 0 atom stereocenters. The number of hydrogen-bond donors (Lipinski definition) is 2. The number of carbonyl (C=O) groups is 1. The van der Waals surface area contributed by atoms with E-state index in [4.69, 9.17) is 11.6 Å². The second-order valence-electron chi connectivity index (χ2n) is 5.89. The highest BCUT2D eigenvalue weighted by Gasteiger charge is 2.18. The Kier molecular flexibility index (Phi) is 4.78. The summed E-state index contributed by atoms with van der Waals surface area (Å²) in [6.45, 7) is 0. The molecular formula is C17H20ClN3O. The Hall–Kier alpha value is -1.81. The third-order valence-corrected chi connectivity index (χ3v) is 4.44. The van der Waals surface area contributed by atoms with Gasteiger partial charge in [-0.05, 0) is 30.5 Å². The van der Waals surface area contributed by atoms with E-state index in [0.29, 0.717) is 23.2 Å². The molecule has 2 aromatic rings. The summed E-state index contributed by atoms with van der Waals surface area (Å²) in [6, 6.07) is 9.27. The maximum Gasteiger partial charge on any atom is 0.229 e. The number of nitrogens with zero attached hydrogens (tertiary/aromatic N) is 1. The van der Waals surface area contributed by atoms with Crippen LogP contribution in [0.2, 0.25) is 5.02 Å². The summed E-state index contributed by atoms with van der Waals surface area (Å²) >= 11 is 5.84. The van der Waals surface area contributed by atoms with E-state index in [0.717, 1.165) is 11.3 Å². The van der Waals surface area contributed by atoms with Crippen molar-refractivity contribution in [1.82, 2.24) is 10.2 Å². The van der Waals surface area contributed by atoms with E-state index >= 15 is 0 Å². The lowest BCUT2D eigenvalue weighted by molar-refractivity contribution is -0.115. The van der Waals surface area contributed by atoms with Gasteiger partial charge in [0.05, 0.1) is 6.42 Å². The van der Waals surface area contributed by atoms with Crippen molar-refractivity contribution >= 4 is 23.3 Å². The van der Waals surface area contributed by atoms with E-state index in [1.807, 2.05) is 18.2 Å². The number of halogens is 1. The molecule has 0 saturated heterocycles. The number of rotatable bonds is 4. The largest absolute Gasteiger partial charge is 0.309 e. The van der Waals surface area contributed by atoms with Crippen LogP contribution in [0.4, 0.5) is 5.82 Å². The Bertz CT molecular complexity index is 630. The number of benzene rings is 1. The summed E-state index contributed by atoms with van der Waals surface area (Å²) in [4.78, 5) is 12.1. The van der Waals surface area contributed by atoms with Gasteiger partial charge in [-0.2, -0.15) is 5.10 Å². The first-order chi connectivity index (χ1) is 10.7. The molecule has 0 spiro atoms. The van der Waals surface area contributed by atoms with Crippen LogP contribution in [-0.4, -0.2) is 16.1 Å². The third kappa shape index (κ3) is 3.89. The highest BCUT2D eigenvalue weighted by atomic mass is 35.5. The number of hydrogen-bond acceptors (Lipinski definition) is 2. The smallest absolute Gasteiger partial charge is 0.229 e. The molecule has 0 aliphatic heterocycles. The van der Waals surface area contributed by atoms with E-state index in [9.17, 15) is 4.79 Å². The number of nitrogens with one attached hydrogen (secondary N) is 2. The van der Waals surface area contributed by atoms with Gasteiger partial charge in [-0.15, -0.1) is 0 Å². The zero-order valence-electron chi connectivity index (χ0n) is 12.4. The number of aromatic nitrogens is 2. The lowest BCUT2D eigenvalue weighted by atomic mass is 9.87. The minimum absolute atomic E-state index is 0.0657. The van der Waals surface area contributed by atoms with Gasteiger partial charge in [0, 0.05) is 22.7 Å². The summed E-state index contributed by atoms with van der Waals surface area (Å²) in [5.41, 5.74) is 2.08. The SMILES string of the molecule is O=C(Cc1ccc(Cl)cc1)Nc1cc(C2CCCCC2)[nH]n1. The molecule has 5 heteroatoms. The Labute approximate surface area is 135 Å². The van der Waals surface area contributed by atoms with Gasteiger partial charge in [-0.25, -0.2) is 0 Å². The molecule has 116 valence electrons. The monoisotopic (exact) mass is 317 g/mol. The van der Waals surface area contributed by atoms with Gasteiger partial charge in [0.1, 0.15) is 0 Å². The molecule has 1 heterocycles. The van der Waals surface area contributed by atoms with Gasteiger partial charge < -0.3 is 5.32 Å².